The van der Waals surface area contributed by atoms with Crippen LogP contribution in [0.4, 0.5) is 4.79 Å². The van der Waals surface area contributed by atoms with Crippen LogP contribution in [-0.4, -0.2) is 61.8 Å². The predicted molar refractivity (Wildman–Crippen MR) is 110 cm³/mol. The number of hydrogen-bond acceptors (Lipinski definition) is 9. The number of nitrogens with zero attached hydrogens (tertiary/aromatic N) is 1. The van der Waals surface area contributed by atoms with Crippen molar-refractivity contribution in [3.05, 3.63) is 47.0 Å². The summed E-state index contributed by atoms with van der Waals surface area (Å²) in [4.78, 5) is 48.3. The molecule has 0 spiro atoms. The van der Waals surface area contributed by atoms with Gasteiger partial charge < -0.3 is 33.8 Å². The summed E-state index contributed by atoms with van der Waals surface area (Å²) >= 11 is 0. The van der Waals surface area contributed by atoms with Crippen molar-refractivity contribution in [3.63, 3.8) is 0 Å². The van der Waals surface area contributed by atoms with Crippen molar-refractivity contribution < 1.29 is 47.6 Å². The number of amides is 3. The minimum absolute atomic E-state index is 0.0249. The van der Waals surface area contributed by atoms with Gasteiger partial charge in [0.05, 0.1) is 27.9 Å². The van der Waals surface area contributed by atoms with E-state index in [9.17, 15) is 19.2 Å². The molecule has 33 heavy (non-hydrogen) atoms. The molecule has 0 atom stereocenters. The average Bonchev–Trinajstić information content (AvgIpc) is 3.37. The van der Waals surface area contributed by atoms with Crippen molar-refractivity contribution in [2.24, 2.45) is 0 Å². The number of methoxy groups -OCH3 is 3. The Morgan fingerprint density at radius 3 is 2.36 bits per heavy atom. The quantitative estimate of drug-likeness (QED) is 0.321. The van der Waals surface area contributed by atoms with Gasteiger partial charge in [0.15, 0.2) is 18.1 Å². The molecule has 1 saturated heterocycles. The fraction of sp³-hybridized carbons (Fsp3) is 0.238. The van der Waals surface area contributed by atoms with Gasteiger partial charge in [-0.05, 0) is 35.9 Å². The van der Waals surface area contributed by atoms with Crippen LogP contribution in [0.3, 0.4) is 0 Å². The van der Waals surface area contributed by atoms with Gasteiger partial charge in [0.2, 0.25) is 11.5 Å². The molecule has 0 saturated carbocycles. The molecule has 3 rings (SSSR count). The van der Waals surface area contributed by atoms with Crippen molar-refractivity contribution >= 4 is 30.0 Å². The Morgan fingerprint density at radius 2 is 1.79 bits per heavy atom. The van der Waals surface area contributed by atoms with E-state index in [2.05, 4.69) is 10.1 Å². The molecule has 1 aliphatic rings. The highest BCUT2D eigenvalue weighted by atomic mass is 16.5. The summed E-state index contributed by atoms with van der Waals surface area (Å²) in [7, 11) is 3.92. The molecule has 2 N–H and O–H groups in total. The van der Waals surface area contributed by atoms with Crippen molar-refractivity contribution in [2.75, 3.05) is 27.9 Å². The van der Waals surface area contributed by atoms with Gasteiger partial charge in [-0.2, -0.15) is 0 Å². The number of furan rings is 1. The molecule has 1 aromatic heterocycles. The largest absolute Gasteiger partial charge is 0.493 e. The molecule has 2 heterocycles. The highest BCUT2D eigenvalue weighted by molar-refractivity contribution is 6.13. The lowest BCUT2D eigenvalue weighted by Gasteiger charge is -2.14. The van der Waals surface area contributed by atoms with Crippen molar-refractivity contribution in [3.8, 4) is 17.2 Å². The Bertz CT molecular complexity index is 1110. The van der Waals surface area contributed by atoms with Crippen LogP contribution in [0.15, 0.2) is 34.4 Å². The molecule has 3 amide bonds. The standard InChI is InChI=1S/C21H20N2O10/c1-29-15-7-11(8-16(30-2)18(15)32-10-17(24)25)6-13-19(26)23(21(28)22-13)9-12-4-5-14(33-12)20(27)31-3/h4-8H,9-10H2,1-3H3,(H,22,28)(H,24,25)/b13-6-. The van der Waals surface area contributed by atoms with Crippen LogP contribution in [0.25, 0.3) is 6.08 Å². The highest BCUT2D eigenvalue weighted by Gasteiger charge is 2.34. The first-order chi connectivity index (χ1) is 15.8. The highest BCUT2D eigenvalue weighted by Crippen LogP contribution is 2.39. The molecule has 2 aromatic rings. The van der Waals surface area contributed by atoms with Crippen molar-refractivity contribution in [2.45, 2.75) is 6.54 Å². The summed E-state index contributed by atoms with van der Waals surface area (Å²) in [5.74, 6) is -1.92. The number of urea groups is 1. The number of benzene rings is 1. The Hall–Kier alpha value is -4.48. The first-order valence-electron chi connectivity index (χ1n) is 9.39. The first-order valence-corrected chi connectivity index (χ1v) is 9.39. The zero-order valence-corrected chi connectivity index (χ0v) is 17.9. The molecule has 12 nitrogen and oxygen atoms in total. The number of rotatable bonds is 9. The van der Waals surface area contributed by atoms with E-state index in [0.29, 0.717) is 5.56 Å². The average molecular weight is 460 g/mol. The van der Waals surface area contributed by atoms with Crippen LogP contribution >= 0.6 is 0 Å². The van der Waals surface area contributed by atoms with Gasteiger partial charge in [-0.25, -0.2) is 14.4 Å². The zero-order valence-electron chi connectivity index (χ0n) is 17.9. The summed E-state index contributed by atoms with van der Waals surface area (Å²) < 4.78 is 25.6. The van der Waals surface area contributed by atoms with Crippen molar-refractivity contribution in [1.82, 2.24) is 10.2 Å². The van der Waals surface area contributed by atoms with Crippen LogP contribution in [0.5, 0.6) is 17.2 Å². The van der Waals surface area contributed by atoms with E-state index < -0.39 is 30.5 Å². The number of nitrogens with one attached hydrogen (secondary N) is 1. The normalized spacial score (nSPS) is 14.3. The number of hydrogen-bond donors (Lipinski definition) is 2. The second-order valence-corrected chi connectivity index (χ2v) is 6.57. The molecule has 1 fully saturated rings. The molecule has 0 radical (unpaired) electrons. The molecular weight excluding hydrogens is 440 g/mol. The van der Waals surface area contributed by atoms with E-state index in [1.54, 1.807) is 0 Å². The SMILES string of the molecule is COC(=O)c1ccc(CN2C(=O)N/C(=C\c3cc(OC)c(OCC(=O)O)c(OC)c3)C2=O)o1. The molecule has 0 unspecified atom stereocenters. The van der Waals surface area contributed by atoms with Gasteiger partial charge >= 0.3 is 18.0 Å². The van der Waals surface area contributed by atoms with Gasteiger partial charge in [-0.3, -0.25) is 9.69 Å². The maximum atomic E-state index is 12.8. The van der Waals surface area contributed by atoms with E-state index in [1.807, 2.05) is 0 Å². The molecule has 1 aromatic carbocycles. The van der Waals surface area contributed by atoms with Crippen LogP contribution in [0.2, 0.25) is 0 Å². The Kier molecular flexibility index (Phi) is 6.86. The molecule has 12 heteroatoms. The topological polar surface area (TPSA) is 154 Å². The number of esters is 1. The maximum Gasteiger partial charge on any atom is 0.373 e. The maximum absolute atomic E-state index is 12.8. The molecule has 0 bridgehead atoms. The summed E-state index contributed by atoms with van der Waals surface area (Å²) in [5.41, 5.74) is 0.394. The van der Waals surface area contributed by atoms with Crippen LogP contribution in [0, 0.1) is 0 Å². The molecular formula is C21H20N2O10. The summed E-state index contributed by atoms with van der Waals surface area (Å²) in [6.07, 6.45) is 1.40. The minimum Gasteiger partial charge on any atom is -0.493 e. The van der Waals surface area contributed by atoms with Gasteiger partial charge in [-0.15, -0.1) is 0 Å². The number of carboxylic acids is 1. The van der Waals surface area contributed by atoms with E-state index in [4.69, 9.17) is 23.7 Å². The van der Waals surface area contributed by atoms with Crippen molar-refractivity contribution in [1.29, 1.82) is 0 Å². The van der Waals surface area contributed by atoms with E-state index in [1.165, 1.54) is 51.7 Å². The number of carboxylic acid groups (broad SMARTS) is 1. The fourth-order valence-electron chi connectivity index (χ4n) is 2.97. The Balaban J connectivity index is 1.84. The third-order valence-electron chi connectivity index (χ3n) is 4.46. The number of carbonyl (C=O) groups excluding carboxylic acids is 3. The van der Waals surface area contributed by atoms with E-state index in [-0.39, 0.29) is 41.0 Å². The van der Waals surface area contributed by atoms with Crippen LogP contribution < -0.4 is 19.5 Å². The monoisotopic (exact) mass is 460 g/mol. The minimum atomic E-state index is -1.18. The number of imide groups is 1. The summed E-state index contributed by atoms with van der Waals surface area (Å²) in [6.45, 7) is -0.811. The van der Waals surface area contributed by atoms with Gasteiger partial charge in [0, 0.05) is 0 Å². The first kappa shape index (κ1) is 23.2. The second-order valence-electron chi connectivity index (χ2n) is 6.57. The molecule has 1 aliphatic heterocycles. The smallest absolute Gasteiger partial charge is 0.373 e. The lowest BCUT2D eigenvalue weighted by Crippen LogP contribution is -2.30. The number of aliphatic carboxylic acids is 1. The van der Waals surface area contributed by atoms with Gasteiger partial charge in [0.1, 0.15) is 11.5 Å². The predicted octanol–water partition coefficient (Wildman–Crippen LogP) is 1.64. The second kappa shape index (κ2) is 9.77. The Morgan fingerprint density at radius 1 is 1.12 bits per heavy atom. The zero-order chi connectivity index (χ0) is 24.1. The van der Waals surface area contributed by atoms with Gasteiger partial charge in [-0.1, -0.05) is 0 Å². The fourth-order valence-corrected chi connectivity index (χ4v) is 2.97. The lowest BCUT2D eigenvalue weighted by molar-refractivity contribution is -0.139. The van der Waals surface area contributed by atoms with Gasteiger partial charge in [0.25, 0.3) is 5.91 Å². The summed E-state index contributed by atoms with van der Waals surface area (Å²) in [5, 5.41) is 11.3. The Labute approximate surface area is 187 Å². The number of carbonyl (C=O) groups is 4. The lowest BCUT2D eigenvalue weighted by atomic mass is 10.1. The third kappa shape index (κ3) is 5.06. The van der Waals surface area contributed by atoms with Crippen LogP contribution in [-0.2, 0) is 20.9 Å². The molecule has 174 valence electrons. The third-order valence-corrected chi connectivity index (χ3v) is 4.46. The summed E-state index contributed by atoms with van der Waals surface area (Å²) in [6, 6.07) is 5.14. The van der Waals surface area contributed by atoms with E-state index >= 15 is 0 Å². The number of ether oxygens (including phenoxy) is 4. The van der Waals surface area contributed by atoms with E-state index in [0.717, 1.165) is 4.90 Å². The molecule has 0 aliphatic carbocycles. The van der Waals surface area contributed by atoms with Crippen LogP contribution in [0.1, 0.15) is 21.9 Å².